The molecule has 4 heteroatoms. The number of aryl methyl sites for hydroxylation is 2. The van der Waals surface area contributed by atoms with Crippen LogP contribution in [-0.4, -0.2) is 18.5 Å². The molecule has 24 heavy (non-hydrogen) atoms. The molecule has 4 nitrogen and oxygen atoms in total. The van der Waals surface area contributed by atoms with Gasteiger partial charge in [0.05, 0.1) is 12.5 Å². The minimum absolute atomic E-state index is 0.0178. The molecule has 0 aliphatic heterocycles. The third-order valence-electron chi connectivity index (χ3n) is 4.26. The van der Waals surface area contributed by atoms with Gasteiger partial charge in [0.2, 0.25) is 0 Å². The van der Waals surface area contributed by atoms with Gasteiger partial charge in [0.25, 0.3) is 5.91 Å². The van der Waals surface area contributed by atoms with E-state index in [0.29, 0.717) is 0 Å². The fourth-order valence-electron chi connectivity index (χ4n) is 3.13. The lowest BCUT2D eigenvalue weighted by Crippen LogP contribution is -2.31. The van der Waals surface area contributed by atoms with Crippen molar-refractivity contribution in [2.45, 2.75) is 32.2 Å². The van der Waals surface area contributed by atoms with Gasteiger partial charge in [-0.15, -0.1) is 0 Å². The molecule has 1 N–H and O–H groups in total. The number of nitrogens with one attached hydrogen (secondary N) is 1. The Morgan fingerprint density at radius 2 is 2.00 bits per heavy atom. The van der Waals surface area contributed by atoms with Gasteiger partial charge in [-0.3, -0.25) is 9.59 Å². The van der Waals surface area contributed by atoms with Gasteiger partial charge in [0, 0.05) is 0 Å². The number of carbonyl (C=O) groups is 2. The Labute approximate surface area is 141 Å². The highest BCUT2D eigenvalue weighted by Crippen LogP contribution is 2.30. The Morgan fingerprint density at radius 3 is 2.83 bits per heavy atom. The number of hydrogen-bond acceptors (Lipinski definition) is 3. The summed E-state index contributed by atoms with van der Waals surface area (Å²) in [6.45, 7) is 1.74. The van der Waals surface area contributed by atoms with E-state index < -0.39 is 0 Å². The van der Waals surface area contributed by atoms with Crippen LogP contribution < -0.4 is 5.32 Å². The van der Waals surface area contributed by atoms with Crippen LogP contribution in [0.5, 0.6) is 0 Å². The second kappa shape index (κ2) is 7.30. The maximum absolute atomic E-state index is 12.0. The molecule has 2 aromatic carbocycles. The predicted octanol–water partition coefficient (Wildman–Crippen LogP) is 2.88. The summed E-state index contributed by atoms with van der Waals surface area (Å²) in [6, 6.07) is 15.8. The summed E-state index contributed by atoms with van der Waals surface area (Å²) >= 11 is 0. The lowest BCUT2D eigenvalue weighted by atomic mass is 10.1. The van der Waals surface area contributed by atoms with Crippen molar-refractivity contribution >= 4 is 11.9 Å². The number of benzene rings is 2. The molecule has 0 radical (unpaired) electrons. The normalized spacial score (nSPS) is 15.6. The smallest absolute Gasteiger partial charge is 0.310 e. The van der Waals surface area contributed by atoms with Crippen LogP contribution in [-0.2, 0) is 27.2 Å². The van der Waals surface area contributed by atoms with E-state index in [1.807, 2.05) is 49.4 Å². The molecule has 1 aliphatic carbocycles. The van der Waals surface area contributed by atoms with Gasteiger partial charge >= 0.3 is 5.97 Å². The Morgan fingerprint density at radius 1 is 1.17 bits per heavy atom. The summed E-state index contributed by atoms with van der Waals surface area (Å²) in [7, 11) is 0. The minimum Gasteiger partial charge on any atom is -0.455 e. The van der Waals surface area contributed by atoms with Crippen LogP contribution in [0.3, 0.4) is 0 Å². The SMILES string of the molecule is Cc1cccc(CC(=O)OCC(=O)N[C@H]2CCc3ccccc32)c1. The quantitative estimate of drug-likeness (QED) is 0.861. The summed E-state index contributed by atoms with van der Waals surface area (Å²) in [5.74, 6) is -0.642. The molecule has 2 aromatic rings. The zero-order valence-electron chi connectivity index (χ0n) is 13.7. The van der Waals surface area contributed by atoms with Gasteiger partial charge in [-0.25, -0.2) is 0 Å². The van der Waals surface area contributed by atoms with Crippen LogP contribution in [0.25, 0.3) is 0 Å². The van der Waals surface area contributed by atoms with Gasteiger partial charge in [0.15, 0.2) is 6.61 Å². The molecule has 3 rings (SSSR count). The average molecular weight is 323 g/mol. The predicted molar refractivity (Wildman–Crippen MR) is 91.5 cm³/mol. The summed E-state index contributed by atoms with van der Waals surface area (Å²) in [5.41, 5.74) is 4.43. The standard InChI is InChI=1S/C20H21NO3/c1-14-5-4-6-15(11-14)12-20(23)24-13-19(22)21-18-10-9-16-7-2-3-8-17(16)18/h2-8,11,18H,9-10,12-13H2,1H3,(H,21,22)/t18-/m0/s1. The first kappa shape index (κ1) is 16.2. The van der Waals surface area contributed by atoms with Crippen LogP contribution in [0, 0.1) is 6.92 Å². The third-order valence-corrected chi connectivity index (χ3v) is 4.26. The Kier molecular flexibility index (Phi) is 4.94. The van der Waals surface area contributed by atoms with Crippen LogP contribution in [0.15, 0.2) is 48.5 Å². The Bertz CT molecular complexity index is 754. The second-order valence-corrected chi connectivity index (χ2v) is 6.18. The highest BCUT2D eigenvalue weighted by Gasteiger charge is 2.23. The van der Waals surface area contributed by atoms with Crippen LogP contribution in [0.4, 0.5) is 0 Å². The first-order valence-electron chi connectivity index (χ1n) is 8.20. The second-order valence-electron chi connectivity index (χ2n) is 6.18. The molecule has 1 aliphatic rings. The summed E-state index contributed by atoms with van der Waals surface area (Å²) in [4.78, 5) is 23.9. The minimum atomic E-state index is -0.387. The highest BCUT2D eigenvalue weighted by molar-refractivity contribution is 5.81. The monoisotopic (exact) mass is 323 g/mol. The average Bonchev–Trinajstić information content (AvgIpc) is 2.96. The number of hydrogen-bond donors (Lipinski definition) is 1. The number of rotatable bonds is 5. The molecule has 124 valence electrons. The topological polar surface area (TPSA) is 55.4 Å². The molecular formula is C20H21NO3. The molecule has 0 spiro atoms. The molecule has 0 saturated carbocycles. The summed E-state index contributed by atoms with van der Waals surface area (Å²) in [5, 5.41) is 2.95. The number of esters is 1. The largest absolute Gasteiger partial charge is 0.455 e. The molecule has 0 saturated heterocycles. The number of carbonyl (C=O) groups excluding carboxylic acids is 2. The van der Waals surface area contributed by atoms with Crippen LogP contribution in [0.1, 0.15) is 34.7 Å². The van der Waals surface area contributed by atoms with E-state index in [-0.39, 0.29) is 30.9 Å². The third kappa shape index (κ3) is 4.02. The van der Waals surface area contributed by atoms with Crippen LogP contribution in [0.2, 0.25) is 0 Å². The maximum Gasteiger partial charge on any atom is 0.310 e. The van der Waals surface area contributed by atoms with Crippen LogP contribution >= 0.6 is 0 Å². The number of ether oxygens (including phenoxy) is 1. The summed E-state index contributed by atoms with van der Waals surface area (Å²) < 4.78 is 5.09. The van der Waals surface area contributed by atoms with Gasteiger partial charge in [-0.1, -0.05) is 54.1 Å². The lowest BCUT2D eigenvalue weighted by Gasteiger charge is -2.14. The van der Waals surface area contributed by atoms with Crippen molar-refractivity contribution in [2.75, 3.05) is 6.61 Å². The molecular weight excluding hydrogens is 302 g/mol. The van der Waals surface area contributed by atoms with E-state index in [2.05, 4.69) is 11.4 Å². The molecule has 0 bridgehead atoms. The zero-order valence-corrected chi connectivity index (χ0v) is 13.7. The van der Waals surface area contributed by atoms with E-state index in [9.17, 15) is 9.59 Å². The fourth-order valence-corrected chi connectivity index (χ4v) is 3.13. The molecule has 1 amide bonds. The molecule has 0 fully saturated rings. The molecule has 0 aromatic heterocycles. The summed E-state index contributed by atoms with van der Waals surface area (Å²) in [6.07, 6.45) is 2.04. The van der Waals surface area contributed by atoms with Gasteiger partial charge < -0.3 is 10.1 Å². The zero-order chi connectivity index (χ0) is 16.9. The van der Waals surface area contributed by atoms with Crippen molar-refractivity contribution in [1.82, 2.24) is 5.32 Å². The number of amides is 1. The van der Waals surface area contributed by atoms with Gasteiger partial charge in [-0.2, -0.15) is 0 Å². The van der Waals surface area contributed by atoms with E-state index in [1.165, 1.54) is 5.56 Å². The van der Waals surface area contributed by atoms with Crippen molar-refractivity contribution in [1.29, 1.82) is 0 Å². The van der Waals surface area contributed by atoms with Crippen molar-refractivity contribution in [3.63, 3.8) is 0 Å². The molecule has 0 heterocycles. The van der Waals surface area contributed by atoms with Crippen molar-refractivity contribution in [3.8, 4) is 0 Å². The first-order valence-corrected chi connectivity index (χ1v) is 8.20. The van der Waals surface area contributed by atoms with Crippen molar-refractivity contribution in [3.05, 3.63) is 70.8 Å². The van der Waals surface area contributed by atoms with E-state index >= 15 is 0 Å². The first-order chi connectivity index (χ1) is 11.6. The van der Waals surface area contributed by atoms with Gasteiger partial charge in [-0.05, 0) is 36.5 Å². The Balaban J connectivity index is 1.47. The fraction of sp³-hybridized carbons (Fsp3) is 0.300. The maximum atomic E-state index is 12.0. The number of fused-ring (bicyclic) bond motifs is 1. The molecule has 0 unspecified atom stereocenters. The highest BCUT2D eigenvalue weighted by atomic mass is 16.5. The van der Waals surface area contributed by atoms with Gasteiger partial charge in [0.1, 0.15) is 0 Å². The van der Waals surface area contributed by atoms with E-state index in [4.69, 9.17) is 4.74 Å². The van der Waals surface area contributed by atoms with Crippen molar-refractivity contribution in [2.24, 2.45) is 0 Å². The van der Waals surface area contributed by atoms with Crippen molar-refractivity contribution < 1.29 is 14.3 Å². The Hall–Kier alpha value is -2.62. The molecule has 1 atom stereocenters. The lowest BCUT2D eigenvalue weighted by molar-refractivity contribution is -0.148. The van der Waals surface area contributed by atoms with E-state index in [1.54, 1.807) is 0 Å². The van der Waals surface area contributed by atoms with E-state index in [0.717, 1.165) is 29.5 Å².